The van der Waals surface area contributed by atoms with Gasteiger partial charge in [0.2, 0.25) is 0 Å². The smallest absolute Gasteiger partial charge is 0.122 e. The van der Waals surface area contributed by atoms with E-state index in [1.807, 2.05) is 0 Å². The van der Waals surface area contributed by atoms with Crippen molar-refractivity contribution in [2.75, 3.05) is 13.2 Å². The number of para-hydroxylation sites is 1. The first-order chi connectivity index (χ1) is 9.88. The molecule has 3 rings (SSSR count). The summed E-state index contributed by atoms with van der Waals surface area (Å²) in [7, 11) is 0. The van der Waals surface area contributed by atoms with Gasteiger partial charge in [0, 0.05) is 12.0 Å². The second-order valence-corrected chi connectivity index (χ2v) is 6.36. The third-order valence-corrected chi connectivity index (χ3v) is 5.01. The summed E-state index contributed by atoms with van der Waals surface area (Å²) >= 11 is 0. The second kappa shape index (κ2) is 6.62. The van der Waals surface area contributed by atoms with Crippen LogP contribution < -0.4 is 10.1 Å². The molecule has 0 radical (unpaired) electrons. The lowest BCUT2D eigenvalue weighted by atomic mass is 9.76. The first kappa shape index (κ1) is 13.9. The summed E-state index contributed by atoms with van der Waals surface area (Å²) in [6, 6.07) is 9.17. The highest BCUT2D eigenvalue weighted by Crippen LogP contribution is 2.34. The average Bonchev–Trinajstić information content (AvgIpc) is 2.53. The summed E-state index contributed by atoms with van der Waals surface area (Å²) < 4.78 is 6.01. The minimum absolute atomic E-state index is 0.632. The molecule has 1 aliphatic heterocycles. The molecule has 2 atom stereocenters. The van der Waals surface area contributed by atoms with Crippen LogP contribution in [0.5, 0.6) is 5.75 Å². The summed E-state index contributed by atoms with van der Waals surface area (Å²) in [6.45, 7) is 4.18. The van der Waals surface area contributed by atoms with Crippen molar-refractivity contribution in [3.63, 3.8) is 0 Å². The van der Waals surface area contributed by atoms with Crippen molar-refractivity contribution >= 4 is 0 Å². The molecule has 2 nitrogen and oxygen atoms in total. The predicted octanol–water partition coefficient (Wildman–Crippen LogP) is 3.80. The number of hydrogen-bond acceptors (Lipinski definition) is 2. The summed E-state index contributed by atoms with van der Waals surface area (Å²) in [5.41, 5.74) is 1.39. The molecular weight excluding hydrogens is 246 g/mol. The Morgan fingerprint density at radius 3 is 2.75 bits per heavy atom. The van der Waals surface area contributed by atoms with Crippen molar-refractivity contribution in [1.82, 2.24) is 5.32 Å². The number of ether oxygens (including phenoxy) is 1. The molecule has 0 aromatic heterocycles. The van der Waals surface area contributed by atoms with Crippen molar-refractivity contribution in [2.24, 2.45) is 11.8 Å². The molecule has 0 bridgehead atoms. The highest BCUT2D eigenvalue weighted by Gasteiger charge is 2.32. The molecule has 2 unspecified atom stereocenters. The van der Waals surface area contributed by atoms with Gasteiger partial charge in [0.1, 0.15) is 5.75 Å². The zero-order valence-corrected chi connectivity index (χ0v) is 12.6. The molecular formula is C18H27NO. The monoisotopic (exact) mass is 273 g/mol. The van der Waals surface area contributed by atoms with Gasteiger partial charge in [0.25, 0.3) is 0 Å². The van der Waals surface area contributed by atoms with E-state index in [-0.39, 0.29) is 0 Å². The van der Waals surface area contributed by atoms with Crippen molar-refractivity contribution < 1.29 is 4.74 Å². The van der Waals surface area contributed by atoms with E-state index in [0.717, 1.165) is 24.8 Å². The van der Waals surface area contributed by atoms with E-state index in [4.69, 9.17) is 4.74 Å². The SMILES string of the molecule is CCNC(C1CCCCC1)C1COc2ccccc2C1. The number of fused-ring (bicyclic) bond motifs is 1. The van der Waals surface area contributed by atoms with Crippen LogP contribution in [0.1, 0.15) is 44.6 Å². The van der Waals surface area contributed by atoms with Crippen LogP contribution >= 0.6 is 0 Å². The number of rotatable bonds is 4. The Labute approximate surface area is 122 Å². The first-order valence-electron chi connectivity index (χ1n) is 8.32. The molecule has 1 aliphatic carbocycles. The fourth-order valence-electron chi connectivity index (χ4n) is 4.03. The van der Waals surface area contributed by atoms with E-state index in [1.165, 1.54) is 44.1 Å². The lowest BCUT2D eigenvalue weighted by molar-refractivity contribution is 0.136. The lowest BCUT2D eigenvalue weighted by Gasteiger charge is -2.38. The van der Waals surface area contributed by atoms with E-state index in [9.17, 15) is 0 Å². The van der Waals surface area contributed by atoms with E-state index >= 15 is 0 Å². The third-order valence-electron chi connectivity index (χ3n) is 5.01. The van der Waals surface area contributed by atoms with Crippen LogP contribution in [-0.2, 0) is 6.42 Å². The average molecular weight is 273 g/mol. The van der Waals surface area contributed by atoms with Crippen molar-refractivity contribution in [3.05, 3.63) is 29.8 Å². The molecule has 110 valence electrons. The zero-order valence-electron chi connectivity index (χ0n) is 12.6. The van der Waals surface area contributed by atoms with Gasteiger partial charge in [-0.1, -0.05) is 44.4 Å². The Bertz CT molecular complexity index is 425. The van der Waals surface area contributed by atoms with Gasteiger partial charge in [-0.05, 0) is 43.4 Å². The van der Waals surface area contributed by atoms with Crippen molar-refractivity contribution in [1.29, 1.82) is 0 Å². The highest BCUT2D eigenvalue weighted by atomic mass is 16.5. The Kier molecular flexibility index (Phi) is 4.62. The molecule has 0 amide bonds. The maximum atomic E-state index is 6.01. The molecule has 2 aliphatic rings. The van der Waals surface area contributed by atoms with E-state index in [1.54, 1.807) is 0 Å². The van der Waals surface area contributed by atoms with Crippen LogP contribution in [0.2, 0.25) is 0 Å². The van der Waals surface area contributed by atoms with Crippen LogP contribution in [0, 0.1) is 11.8 Å². The van der Waals surface area contributed by atoms with Gasteiger partial charge in [-0.25, -0.2) is 0 Å². The van der Waals surface area contributed by atoms with Gasteiger partial charge in [-0.3, -0.25) is 0 Å². The minimum atomic E-state index is 0.632. The molecule has 1 N–H and O–H groups in total. The van der Waals surface area contributed by atoms with Gasteiger partial charge in [-0.2, -0.15) is 0 Å². The topological polar surface area (TPSA) is 21.3 Å². The lowest BCUT2D eigenvalue weighted by Crippen LogP contribution is -2.47. The Balaban J connectivity index is 1.72. The Morgan fingerprint density at radius 2 is 1.95 bits per heavy atom. The molecule has 1 saturated carbocycles. The Morgan fingerprint density at radius 1 is 1.15 bits per heavy atom. The molecule has 2 heteroatoms. The van der Waals surface area contributed by atoms with E-state index in [0.29, 0.717) is 12.0 Å². The summed E-state index contributed by atoms with van der Waals surface area (Å²) in [6.07, 6.45) is 8.22. The van der Waals surface area contributed by atoms with Gasteiger partial charge < -0.3 is 10.1 Å². The molecule has 0 spiro atoms. The van der Waals surface area contributed by atoms with E-state index in [2.05, 4.69) is 36.5 Å². The first-order valence-corrected chi connectivity index (χ1v) is 8.32. The Hall–Kier alpha value is -1.02. The largest absolute Gasteiger partial charge is 0.493 e. The summed E-state index contributed by atoms with van der Waals surface area (Å²) in [5.74, 6) is 2.58. The highest BCUT2D eigenvalue weighted by molar-refractivity contribution is 5.35. The maximum absolute atomic E-state index is 6.01. The number of nitrogens with one attached hydrogen (secondary N) is 1. The minimum Gasteiger partial charge on any atom is -0.493 e. The molecule has 1 aromatic carbocycles. The van der Waals surface area contributed by atoms with Gasteiger partial charge in [0.05, 0.1) is 6.61 Å². The van der Waals surface area contributed by atoms with Gasteiger partial charge >= 0.3 is 0 Å². The molecule has 1 fully saturated rings. The maximum Gasteiger partial charge on any atom is 0.122 e. The quantitative estimate of drug-likeness (QED) is 0.901. The summed E-state index contributed by atoms with van der Waals surface area (Å²) in [4.78, 5) is 0. The normalized spacial score (nSPS) is 24.8. The predicted molar refractivity (Wildman–Crippen MR) is 83.2 cm³/mol. The number of benzene rings is 1. The van der Waals surface area contributed by atoms with Gasteiger partial charge in [-0.15, -0.1) is 0 Å². The van der Waals surface area contributed by atoms with Crippen LogP contribution in [0.3, 0.4) is 0 Å². The molecule has 20 heavy (non-hydrogen) atoms. The van der Waals surface area contributed by atoms with Crippen LogP contribution in [-0.4, -0.2) is 19.2 Å². The zero-order chi connectivity index (χ0) is 13.8. The third kappa shape index (κ3) is 3.01. The molecule has 1 heterocycles. The van der Waals surface area contributed by atoms with Crippen molar-refractivity contribution in [3.8, 4) is 5.75 Å². The fourth-order valence-corrected chi connectivity index (χ4v) is 4.03. The number of hydrogen-bond donors (Lipinski definition) is 1. The molecule has 0 saturated heterocycles. The standard InChI is InChI=1S/C18H27NO/c1-2-19-18(14-8-4-3-5-9-14)16-12-15-10-6-7-11-17(15)20-13-16/h6-7,10-11,14,16,18-19H,2-5,8-9,12-13H2,1H3. The molecule has 1 aromatic rings. The van der Waals surface area contributed by atoms with Gasteiger partial charge in [0.15, 0.2) is 0 Å². The van der Waals surface area contributed by atoms with Crippen LogP contribution in [0.25, 0.3) is 0 Å². The van der Waals surface area contributed by atoms with Crippen LogP contribution in [0.15, 0.2) is 24.3 Å². The van der Waals surface area contributed by atoms with Crippen molar-refractivity contribution in [2.45, 2.75) is 51.5 Å². The summed E-state index contributed by atoms with van der Waals surface area (Å²) in [5, 5.41) is 3.77. The fraction of sp³-hybridized carbons (Fsp3) is 0.667. The van der Waals surface area contributed by atoms with E-state index < -0.39 is 0 Å². The van der Waals surface area contributed by atoms with Crippen LogP contribution in [0.4, 0.5) is 0 Å². The second-order valence-electron chi connectivity index (χ2n) is 6.36.